The molecule has 0 bridgehead atoms. The summed E-state index contributed by atoms with van der Waals surface area (Å²) < 4.78 is 0. The van der Waals surface area contributed by atoms with Crippen LogP contribution in [0.25, 0.3) is 6.08 Å². The topological polar surface area (TPSA) is 24.9 Å². The number of piperidine rings is 1. The number of nitrogens with one attached hydrogen (secondary N) is 1. The average Bonchev–Trinajstić information content (AvgIpc) is 2.59. The van der Waals surface area contributed by atoms with Gasteiger partial charge in [-0.25, -0.2) is 4.98 Å². The normalized spacial score (nSPS) is 21.5. The Morgan fingerprint density at radius 3 is 3.25 bits per heavy atom. The molecule has 3 heteroatoms. The van der Waals surface area contributed by atoms with Crippen molar-refractivity contribution in [3.63, 3.8) is 0 Å². The van der Waals surface area contributed by atoms with Crippen LogP contribution in [0.4, 0.5) is 0 Å². The first kappa shape index (κ1) is 7.95. The maximum absolute atomic E-state index is 4.22. The highest BCUT2D eigenvalue weighted by molar-refractivity contribution is 7.10. The van der Waals surface area contributed by atoms with E-state index in [2.05, 4.69) is 16.4 Å². The molecule has 64 valence electrons. The van der Waals surface area contributed by atoms with Gasteiger partial charge in [-0.15, -0.1) is 11.3 Å². The van der Waals surface area contributed by atoms with Crippen LogP contribution in [0.15, 0.2) is 17.2 Å². The Labute approximate surface area is 76.3 Å². The van der Waals surface area contributed by atoms with Gasteiger partial charge in [-0.1, -0.05) is 5.57 Å². The van der Waals surface area contributed by atoms with Gasteiger partial charge in [0.15, 0.2) is 0 Å². The second kappa shape index (κ2) is 3.83. The molecule has 0 saturated carbocycles. The quantitative estimate of drug-likeness (QED) is 0.714. The van der Waals surface area contributed by atoms with Crippen LogP contribution >= 0.6 is 11.3 Å². The predicted octanol–water partition coefficient (Wildman–Crippen LogP) is 1.91. The lowest BCUT2D eigenvalue weighted by Crippen LogP contribution is -2.23. The lowest BCUT2D eigenvalue weighted by Gasteiger charge is -2.14. The first-order valence-electron chi connectivity index (χ1n) is 4.25. The zero-order valence-electron chi connectivity index (χ0n) is 6.92. The molecule has 1 aliphatic heterocycles. The number of hydrogen-bond acceptors (Lipinski definition) is 3. The molecule has 0 spiro atoms. The van der Waals surface area contributed by atoms with Gasteiger partial charge in [0, 0.05) is 18.1 Å². The van der Waals surface area contributed by atoms with E-state index in [1.807, 2.05) is 11.6 Å². The first-order chi connectivity index (χ1) is 5.95. The SMILES string of the molecule is C(=C1/CCCNC1)/c1nccs1. The van der Waals surface area contributed by atoms with Gasteiger partial charge in [0.05, 0.1) is 0 Å². The van der Waals surface area contributed by atoms with E-state index >= 15 is 0 Å². The van der Waals surface area contributed by atoms with Crippen molar-refractivity contribution in [1.82, 2.24) is 10.3 Å². The fourth-order valence-corrected chi connectivity index (χ4v) is 2.00. The zero-order chi connectivity index (χ0) is 8.23. The molecule has 1 N–H and O–H groups in total. The molecule has 0 amide bonds. The standard InChI is InChI=1S/C9H12N2S/c1-2-8(7-10-3-1)6-9-11-4-5-12-9/h4-6,10H,1-3,7H2/b8-6+. The largest absolute Gasteiger partial charge is 0.313 e. The minimum atomic E-state index is 1.04. The summed E-state index contributed by atoms with van der Waals surface area (Å²) in [7, 11) is 0. The Hall–Kier alpha value is -0.670. The van der Waals surface area contributed by atoms with Crippen LogP contribution in [0.2, 0.25) is 0 Å². The van der Waals surface area contributed by atoms with Crippen molar-refractivity contribution in [2.75, 3.05) is 13.1 Å². The Morgan fingerprint density at radius 1 is 1.58 bits per heavy atom. The number of nitrogens with zero attached hydrogens (tertiary/aromatic N) is 1. The van der Waals surface area contributed by atoms with Crippen molar-refractivity contribution in [3.05, 3.63) is 22.2 Å². The van der Waals surface area contributed by atoms with E-state index in [0.29, 0.717) is 0 Å². The lowest BCUT2D eigenvalue weighted by atomic mass is 10.1. The highest BCUT2D eigenvalue weighted by Crippen LogP contribution is 2.14. The van der Waals surface area contributed by atoms with Crippen LogP contribution in [0.5, 0.6) is 0 Å². The molecule has 2 nitrogen and oxygen atoms in total. The van der Waals surface area contributed by atoms with E-state index in [9.17, 15) is 0 Å². The Morgan fingerprint density at radius 2 is 2.58 bits per heavy atom. The summed E-state index contributed by atoms with van der Waals surface area (Å²) in [4.78, 5) is 4.22. The van der Waals surface area contributed by atoms with Gasteiger partial charge in [0.2, 0.25) is 0 Å². The number of thiazole rings is 1. The third kappa shape index (κ3) is 1.93. The Kier molecular flexibility index (Phi) is 2.54. The van der Waals surface area contributed by atoms with Crippen LogP contribution in [0.3, 0.4) is 0 Å². The summed E-state index contributed by atoms with van der Waals surface area (Å²) in [6, 6.07) is 0. The molecule has 2 heterocycles. The average molecular weight is 180 g/mol. The second-order valence-corrected chi connectivity index (χ2v) is 3.88. The molecular weight excluding hydrogens is 168 g/mol. The van der Waals surface area contributed by atoms with E-state index in [1.54, 1.807) is 11.3 Å². The first-order valence-corrected chi connectivity index (χ1v) is 5.13. The van der Waals surface area contributed by atoms with Crippen LogP contribution in [0, 0.1) is 0 Å². The fraction of sp³-hybridized carbons (Fsp3) is 0.444. The third-order valence-corrected chi connectivity index (χ3v) is 2.71. The summed E-state index contributed by atoms with van der Waals surface area (Å²) in [5.41, 5.74) is 1.48. The van der Waals surface area contributed by atoms with Gasteiger partial charge >= 0.3 is 0 Å². The predicted molar refractivity (Wildman–Crippen MR) is 52.2 cm³/mol. The highest BCUT2D eigenvalue weighted by atomic mass is 32.1. The summed E-state index contributed by atoms with van der Waals surface area (Å²) >= 11 is 1.70. The molecule has 1 fully saturated rings. The van der Waals surface area contributed by atoms with Crippen LogP contribution < -0.4 is 5.32 Å². The maximum atomic E-state index is 4.22. The van der Waals surface area contributed by atoms with Crippen molar-refractivity contribution >= 4 is 17.4 Å². The van der Waals surface area contributed by atoms with E-state index < -0.39 is 0 Å². The van der Waals surface area contributed by atoms with Crippen molar-refractivity contribution in [3.8, 4) is 0 Å². The molecular formula is C9H12N2S. The molecule has 0 atom stereocenters. The summed E-state index contributed by atoms with van der Waals surface area (Å²) in [5.74, 6) is 0. The maximum Gasteiger partial charge on any atom is 0.115 e. The molecule has 12 heavy (non-hydrogen) atoms. The van der Waals surface area contributed by atoms with Crippen molar-refractivity contribution in [2.45, 2.75) is 12.8 Å². The molecule has 0 radical (unpaired) electrons. The van der Waals surface area contributed by atoms with Gasteiger partial charge in [-0.3, -0.25) is 0 Å². The van der Waals surface area contributed by atoms with Crippen molar-refractivity contribution in [1.29, 1.82) is 0 Å². The van der Waals surface area contributed by atoms with Gasteiger partial charge in [0.25, 0.3) is 0 Å². The lowest BCUT2D eigenvalue weighted by molar-refractivity contribution is 0.613. The summed E-state index contributed by atoms with van der Waals surface area (Å²) in [6.07, 6.45) is 6.55. The summed E-state index contributed by atoms with van der Waals surface area (Å²) in [5, 5.41) is 6.51. The molecule has 0 aromatic carbocycles. The van der Waals surface area contributed by atoms with Crippen molar-refractivity contribution < 1.29 is 0 Å². The van der Waals surface area contributed by atoms with Crippen molar-refractivity contribution in [2.24, 2.45) is 0 Å². The zero-order valence-corrected chi connectivity index (χ0v) is 7.73. The minimum absolute atomic E-state index is 1.04. The Bertz CT molecular complexity index is 256. The molecule has 0 unspecified atom stereocenters. The number of hydrogen-bond donors (Lipinski definition) is 1. The highest BCUT2D eigenvalue weighted by Gasteiger charge is 2.04. The second-order valence-electron chi connectivity index (χ2n) is 2.95. The van der Waals surface area contributed by atoms with Gasteiger partial charge in [-0.05, 0) is 25.5 Å². The molecule has 2 rings (SSSR count). The van der Waals surface area contributed by atoms with Crippen LogP contribution in [-0.4, -0.2) is 18.1 Å². The molecule has 1 saturated heterocycles. The van der Waals surface area contributed by atoms with E-state index in [-0.39, 0.29) is 0 Å². The molecule has 0 aliphatic carbocycles. The van der Waals surface area contributed by atoms with E-state index in [1.165, 1.54) is 18.4 Å². The van der Waals surface area contributed by atoms with E-state index in [4.69, 9.17) is 0 Å². The smallest absolute Gasteiger partial charge is 0.115 e. The van der Waals surface area contributed by atoms with Gasteiger partial charge in [-0.2, -0.15) is 0 Å². The van der Waals surface area contributed by atoms with Gasteiger partial charge in [0.1, 0.15) is 5.01 Å². The molecule has 1 aromatic heterocycles. The van der Waals surface area contributed by atoms with E-state index in [0.717, 1.165) is 18.1 Å². The monoisotopic (exact) mass is 180 g/mol. The van der Waals surface area contributed by atoms with Crippen LogP contribution in [0.1, 0.15) is 17.8 Å². The minimum Gasteiger partial charge on any atom is -0.313 e. The summed E-state index contributed by atoms with van der Waals surface area (Å²) in [6.45, 7) is 2.20. The van der Waals surface area contributed by atoms with Gasteiger partial charge < -0.3 is 5.32 Å². The number of rotatable bonds is 1. The number of aromatic nitrogens is 1. The molecule has 1 aromatic rings. The Balaban J connectivity index is 2.07. The fourth-order valence-electron chi connectivity index (χ4n) is 1.38. The van der Waals surface area contributed by atoms with Crippen LogP contribution in [-0.2, 0) is 0 Å². The molecule has 1 aliphatic rings. The third-order valence-electron chi connectivity index (χ3n) is 1.98.